The van der Waals surface area contributed by atoms with Crippen molar-refractivity contribution in [2.24, 2.45) is 0 Å². The van der Waals surface area contributed by atoms with Crippen LogP contribution in [0, 0.1) is 0 Å². The van der Waals surface area contributed by atoms with Crippen LogP contribution in [0.4, 0.5) is 5.82 Å². The van der Waals surface area contributed by atoms with E-state index in [1.165, 1.54) is 0 Å². The normalized spacial score (nSPS) is 12.3. The first-order chi connectivity index (χ1) is 9.74. The molecule has 0 saturated carbocycles. The maximum atomic E-state index is 6.20. The van der Waals surface area contributed by atoms with Gasteiger partial charge in [0.25, 0.3) is 0 Å². The fraction of sp³-hybridized carbons (Fsp3) is 0.125. The molecule has 4 heteroatoms. The van der Waals surface area contributed by atoms with Gasteiger partial charge in [-0.1, -0.05) is 41.9 Å². The Hall–Kier alpha value is -2.13. The van der Waals surface area contributed by atoms with Gasteiger partial charge in [-0.05, 0) is 30.7 Å². The minimum absolute atomic E-state index is 0.0687. The summed E-state index contributed by atoms with van der Waals surface area (Å²) in [6.07, 6.45) is 1.75. The van der Waals surface area contributed by atoms with Crippen LogP contribution in [0.15, 0.2) is 54.7 Å². The molecule has 0 radical (unpaired) electrons. The second-order valence-corrected chi connectivity index (χ2v) is 5.04. The van der Waals surface area contributed by atoms with Crippen molar-refractivity contribution in [2.75, 3.05) is 5.32 Å². The average molecular weight is 284 g/mol. The highest BCUT2D eigenvalue weighted by Crippen LogP contribution is 2.25. The molecule has 1 heterocycles. The van der Waals surface area contributed by atoms with E-state index in [0.717, 1.165) is 27.4 Å². The number of aromatic nitrogens is 2. The molecule has 0 aliphatic carbocycles. The summed E-state index contributed by atoms with van der Waals surface area (Å²) in [5.74, 6) is 0.746. The molecule has 0 aliphatic heterocycles. The first-order valence-electron chi connectivity index (χ1n) is 6.47. The van der Waals surface area contributed by atoms with Gasteiger partial charge < -0.3 is 5.32 Å². The SMILES string of the molecule is CC(Nc1cnc2ccccc2n1)c1ccccc1Cl. The van der Waals surface area contributed by atoms with E-state index in [2.05, 4.69) is 22.2 Å². The van der Waals surface area contributed by atoms with Crippen LogP contribution in [0.3, 0.4) is 0 Å². The molecule has 2 aromatic carbocycles. The Morgan fingerprint density at radius 2 is 1.70 bits per heavy atom. The van der Waals surface area contributed by atoms with Crippen molar-refractivity contribution in [3.05, 3.63) is 65.3 Å². The Kier molecular flexibility index (Phi) is 3.52. The second-order valence-electron chi connectivity index (χ2n) is 4.63. The Morgan fingerprint density at radius 1 is 1.00 bits per heavy atom. The van der Waals surface area contributed by atoms with Gasteiger partial charge in [-0.25, -0.2) is 4.98 Å². The number of nitrogens with zero attached hydrogens (tertiary/aromatic N) is 2. The van der Waals surface area contributed by atoms with Crippen molar-refractivity contribution < 1.29 is 0 Å². The van der Waals surface area contributed by atoms with E-state index < -0.39 is 0 Å². The fourth-order valence-corrected chi connectivity index (χ4v) is 2.45. The highest BCUT2D eigenvalue weighted by molar-refractivity contribution is 6.31. The predicted molar refractivity (Wildman–Crippen MR) is 83.0 cm³/mol. The summed E-state index contributed by atoms with van der Waals surface area (Å²) in [5, 5.41) is 4.08. The molecule has 3 rings (SSSR count). The van der Waals surface area contributed by atoms with Crippen LogP contribution >= 0.6 is 11.6 Å². The molecule has 0 aliphatic rings. The van der Waals surface area contributed by atoms with Gasteiger partial charge in [0.15, 0.2) is 0 Å². The van der Waals surface area contributed by atoms with Gasteiger partial charge >= 0.3 is 0 Å². The number of rotatable bonds is 3. The standard InChI is InChI=1S/C16H14ClN3/c1-11(12-6-2-3-7-13(12)17)19-16-10-18-14-8-4-5-9-15(14)20-16/h2-11H,1H3,(H,19,20). The summed E-state index contributed by atoms with van der Waals surface area (Å²) in [6, 6.07) is 15.7. The minimum Gasteiger partial charge on any atom is -0.362 e. The summed E-state index contributed by atoms with van der Waals surface area (Å²) in [7, 11) is 0. The second kappa shape index (κ2) is 5.47. The van der Waals surface area contributed by atoms with E-state index in [-0.39, 0.29) is 6.04 Å². The van der Waals surface area contributed by atoms with Crippen molar-refractivity contribution in [3.63, 3.8) is 0 Å². The van der Waals surface area contributed by atoms with Crippen LogP contribution < -0.4 is 5.32 Å². The predicted octanol–water partition coefficient (Wildman–Crippen LogP) is 4.46. The lowest BCUT2D eigenvalue weighted by atomic mass is 10.1. The van der Waals surface area contributed by atoms with Crippen molar-refractivity contribution in [3.8, 4) is 0 Å². The van der Waals surface area contributed by atoms with E-state index >= 15 is 0 Å². The monoisotopic (exact) mass is 283 g/mol. The molecule has 1 N–H and O–H groups in total. The molecule has 0 amide bonds. The van der Waals surface area contributed by atoms with E-state index in [9.17, 15) is 0 Å². The van der Waals surface area contributed by atoms with Gasteiger partial charge in [0.2, 0.25) is 0 Å². The third kappa shape index (κ3) is 2.58. The highest BCUT2D eigenvalue weighted by Gasteiger charge is 2.09. The van der Waals surface area contributed by atoms with Gasteiger partial charge in [-0.15, -0.1) is 0 Å². The van der Waals surface area contributed by atoms with Crippen molar-refractivity contribution in [1.29, 1.82) is 0 Å². The molecule has 0 spiro atoms. The zero-order chi connectivity index (χ0) is 13.9. The molecule has 1 atom stereocenters. The number of anilines is 1. The molecular weight excluding hydrogens is 270 g/mol. The lowest BCUT2D eigenvalue weighted by Crippen LogP contribution is -2.08. The zero-order valence-electron chi connectivity index (χ0n) is 11.0. The number of para-hydroxylation sites is 2. The number of halogens is 1. The summed E-state index contributed by atoms with van der Waals surface area (Å²) in [6.45, 7) is 2.05. The Labute approximate surface area is 122 Å². The van der Waals surface area contributed by atoms with Gasteiger partial charge in [0.1, 0.15) is 5.82 Å². The third-order valence-corrected chi connectivity index (χ3v) is 3.53. The van der Waals surface area contributed by atoms with Gasteiger partial charge in [0, 0.05) is 5.02 Å². The van der Waals surface area contributed by atoms with Crippen LogP contribution in [0.25, 0.3) is 11.0 Å². The number of hydrogen-bond acceptors (Lipinski definition) is 3. The summed E-state index contributed by atoms with van der Waals surface area (Å²) >= 11 is 6.20. The van der Waals surface area contributed by atoms with Crippen molar-refractivity contribution >= 4 is 28.5 Å². The maximum absolute atomic E-state index is 6.20. The van der Waals surface area contributed by atoms with Gasteiger partial charge in [-0.2, -0.15) is 0 Å². The zero-order valence-corrected chi connectivity index (χ0v) is 11.8. The molecule has 0 fully saturated rings. The van der Waals surface area contributed by atoms with E-state index in [1.54, 1.807) is 6.20 Å². The summed E-state index contributed by atoms with van der Waals surface area (Å²) < 4.78 is 0. The smallest absolute Gasteiger partial charge is 0.145 e. The number of benzene rings is 2. The lowest BCUT2D eigenvalue weighted by Gasteiger charge is -2.16. The quantitative estimate of drug-likeness (QED) is 0.771. The molecule has 100 valence electrons. The Balaban J connectivity index is 1.87. The number of nitrogens with one attached hydrogen (secondary N) is 1. The molecule has 20 heavy (non-hydrogen) atoms. The van der Waals surface area contributed by atoms with Crippen LogP contribution in [0.1, 0.15) is 18.5 Å². The van der Waals surface area contributed by atoms with Crippen LogP contribution in [0.5, 0.6) is 0 Å². The topological polar surface area (TPSA) is 37.8 Å². The van der Waals surface area contributed by atoms with Gasteiger partial charge in [-0.3, -0.25) is 4.98 Å². The largest absolute Gasteiger partial charge is 0.362 e. The van der Waals surface area contributed by atoms with E-state index in [1.807, 2.05) is 48.5 Å². The minimum atomic E-state index is 0.0687. The molecule has 3 aromatic rings. The molecule has 1 aromatic heterocycles. The van der Waals surface area contributed by atoms with Gasteiger partial charge in [0.05, 0.1) is 23.3 Å². The first kappa shape index (κ1) is 12.9. The average Bonchev–Trinajstić information content (AvgIpc) is 2.47. The summed E-state index contributed by atoms with van der Waals surface area (Å²) in [5.41, 5.74) is 2.82. The number of hydrogen-bond donors (Lipinski definition) is 1. The van der Waals surface area contributed by atoms with Crippen LogP contribution in [-0.2, 0) is 0 Å². The Bertz CT molecular complexity index is 742. The Morgan fingerprint density at radius 3 is 2.50 bits per heavy atom. The summed E-state index contributed by atoms with van der Waals surface area (Å²) in [4.78, 5) is 8.95. The number of fused-ring (bicyclic) bond motifs is 1. The molecular formula is C16H14ClN3. The molecule has 3 nitrogen and oxygen atoms in total. The maximum Gasteiger partial charge on any atom is 0.145 e. The molecule has 1 unspecified atom stereocenters. The van der Waals surface area contributed by atoms with Crippen LogP contribution in [0.2, 0.25) is 5.02 Å². The van der Waals surface area contributed by atoms with Crippen LogP contribution in [-0.4, -0.2) is 9.97 Å². The fourth-order valence-electron chi connectivity index (χ4n) is 2.15. The van der Waals surface area contributed by atoms with E-state index in [4.69, 9.17) is 11.6 Å². The van der Waals surface area contributed by atoms with Crippen molar-refractivity contribution in [1.82, 2.24) is 9.97 Å². The lowest BCUT2D eigenvalue weighted by molar-refractivity contribution is 0.875. The first-order valence-corrected chi connectivity index (χ1v) is 6.84. The molecule has 0 bridgehead atoms. The highest BCUT2D eigenvalue weighted by atomic mass is 35.5. The van der Waals surface area contributed by atoms with Crippen molar-refractivity contribution in [2.45, 2.75) is 13.0 Å². The molecule has 0 saturated heterocycles. The van der Waals surface area contributed by atoms with E-state index in [0.29, 0.717) is 0 Å². The third-order valence-electron chi connectivity index (χ3n) is 3.18.